The summed E-state index contributed by atoms with van der Waals surface area (Å²) in [6.45, 7) is 4.89. The number of halogens is 4. The van der Waals surface area contributed by atoms with Crippen molar-refractivity contribution >= 4 is 51.2 Å². The van der Waals surface area contributed by atoms with Gasteiger partial charge in [-0.2, -0.15) is 5.26 Å². The molecule has 0 bridgehead atoms. The maximum absolute atomic E-state index is 13.9. The summed E-state index contributed by atoms with van der Waals surface area (Å²) in [6, 6.07) is 15.6. The monoisotopic (exact) mass is 604 g/mol. The third-order valence-electron chi connectivity index (χ3n) is 7.33. The normalized spacial score (nSPS) is 14.4. The summed E-state index contributed by atoms with van der Waals surface area (Å²) in [6.07, 6.45) is 3.35. The predicted octanol–water partition coefficient (Wildman–Crippen LogP) is 7.10. The van der Waals surface area contributed by atoms with Crippen LogP contribution in [0, 0.1) is 23.0 Å². The molecule has 1 unspecified atom stereocenters. The molecule has 3 aromatic carbocycles. The third kappa shape index (κ3) is 5.46. The fourth-order valence-corrected chi connectivity index (χ4v) is 5.42. The lowest BCUT2D eigenvalue weighted by Crippen LogP contribution is -2.47. The number of benzene rings is 3. The molecule has 0 spiro atoms. The molecular formula is C30H24Cl2F2N8. The van der Waals surface area contributed by atoms with Crippen LogP contribution in [0.4, 0.5) is 25.8 Å². The molecule has 2 N–H and O–H groups in total. The Kier molecular flexibility index (Phi) is 7.64. The molecule has 0 amide bonds. The molecule has 5 aromatic rings. The topological polar surface area (TPSA) is 94.7 Å². The maximum atomic E-state index is 13.9. The average Bonchev–Trinajstić information content (AvgIpc) is 3.43. The van der Waals surface area contributed by atoms with E-state index in [0.717, 1.165) is 25.2 Å². The Hall–Kier alpha value is -4.30. The second-order valence-electron chi connectivity index (χ2n) is 10.0. The summed E-state index contributed by atoms with van der Waals surface area (Å²) < 4.78 is 29.5. The highest BCUT2D eigenvalue weighted by Crippen LogP contribution is 2.38. The first-order chi connectivity index (χ1) is 20.3. The van der Waals surface area contributed by atoms with E-state index in [-0.39, 0.29) is 22.4 Å². The van der Waals surface area contributed by atoms with E-state index in [4.69, 9.17) is 23.2 Å². The van der Waals surface area contributed by atoms with Gasteiger partial charge in [-0.05, 0) is 54.6 Å². The van der Waals surface area contributed by atoms with Gasteiger partial charge in [0.2, 0.25) is 0 Å². The average molecular weight is 605 g/mol. The molecule has 1 atom stereocenters. The van der Waals surface area contributed by atoms with Gasteiger partial charge >= 0.3 is 0 Å². The van der Waals surface area contributed by atoms with E-state index in [1.807, 2.05) is 10.9 Å². The van der Waals surface area contributed by atoms with E-state index in [1.54, 1.807) is 24.3 Å². The van der Waals surface area contributed by atoms with Gasteiger partial charge in [0.05, 0.1) is 45.8 Å². The molecular weight excluding hydrogens is 581 g/mol. The second kappa shape index (κ2) is 11.5. The largest absolute Gasteiger partial charge is 0.371 e. The number of hydrogen-bond donors (Lipinski definition) is 2. The van der Waals surface area contributed by atoms with Gasteiger partial charge in [-0.25, -0.2) is 13.5 Å². The van der Waals surface area contributed by atoms with Gasteiger partial charge < -0.3 is 10.6 Å². The number of hydrogen-bond acceptors (Lipinski definition) is 7. The van der Waals surface area contributed by atoms with Gasteiger partial charge in [0.15, 0.2) is 0 Å². The highest BCUT2D eigenvalue weighted by molar-refractivity contribution is 6.32. The lowest BCUT2D eigenvalue weighted by Gasteiger charge is -2.37. The van der Waals surface area contributed by atoms with Crippen molar-refractivity contribution in [3.05, 3.63) is 105 Å². The third-order valence-corrected chi connectivity index (χ3v) is 7.84. The fraction of sp³-hybridized carbons (Fsp3) is 0.200. The fourth-order valence-electron chi connectivity index (χ4n) is 5.02. The minimum absolute atomic E-state index is 0.0586. The van der Waals surface area contributed by atoms with Crippen LogP contribution in [0.25, 0.3) is 10.9 Å². The summed E-state index contributed by atoms with van der Waals surface area (Å²) in [5, 5.41) is 26.3. The van der Waals surface area contributed by atoms with Crippen LogP contribution < -0.4 is 10.6 Å². The molecule has 12 heteroatoms. The quantitative estimate of drug-likeness (QED) is 0.195. The highest BCUT2D eigenvalue weighted by Gasteiger charge is 2.29. The summed E-state index contributed by atoms with van der Waals surface area (Å²) in [4.78, 5) is 6.89. The molecule has 6 rings (SSSR count). The van der Waals surface area contributed by atoms with Crippen molar-refractivity contribution in [2.45, 2.75) is 19.0 Å². The number of likely N-dealkylation sites (tertiary alicyclic amines) is 1. The van der Waals surface area contributed by atoms with Crippen LogP contribution in [-0.4, -0.2) is 44.5 Å². The zero-order chi connectivity index (χ0) is 29.4. The van der Waals surface area contributed by atoms with Crippen LogP contribution in [0.2, 0.25) is 10.0 Å². The molecule has 0 radical (unpaired) electrons. The number of anilines is 3. The van der Waals surface area contributed by atoms with Gasteiger partial charge in [0, 0.05) is 35.4 Å². The number of rotatable bonds is 8. The smallest absolute Gasteiger partial charge is 0.141 e. The number of pyridine rings is 1. The molecule has 42 heavy (non-hydrogen) atoms. The van der Waals surface area contributed by atoms with Crippen molar-refractivity contribution < 1.29 is 8.78 Å². The molecule has 0 saturated carbocycles. The van der Waals surface area contributed by atoms with Gasteiger partial charge in [0.25, 0.3) is 0 Å². The lowest BCUT2D eigenvalue weighted by molar-refractivity contribution is 0.104. The molecule has 1 aliphatic rings. The molecule has 0 aliphatic carbocycles. The van der Waals surface area contributed by atoms with Crippen molar-refractivity contribution in [2.24, 2.45) is 0 Å². The van der Waals surface area contributed by atoms with Crippen LogP contribution in [0.15, 0.2) is 67.0 Å². The van der Waals surface area contributed by atoms with Crippen molar-refractivity contribution in [1.82, 2.24) is 24.9 Å². The van der Waals surface area contributed by atoms with Crippen LogP contribution in [-0.2, 0) is 0 Å². The molecule has 1 fully saturated rings. The first-order valence-corrected chi connectivity index (χ1v) is 14.0. The van der Waals surface area contributed by atoms with Crippen LogP contribution >= 0.6 is 23.2 Å². The van der Waals surface area contributed by atoms with Crippen molar-refractivity contribution in [3.63, 3.8) is 0 Å². The molecule has 1 aliphatic heterocycles. The Morgan fingerprint density at radius 1 is 1.10 bits per heavy atom. The van der Waals surface area contributed by atoms with Crippen LogP contribution in [0.5, 0.6) is 0 Å². The Morgan fingerprint density at radius 3 is 2.60 bits per heavy atom. The number of aromatic nitrogens is 4. The van der Waals surface area contributed by atoms with E-state index in [9.17, 15) is 14.0 Å². The van der Waals surface area contributed by atoms with Crippen molar-refractivity contribution in [2.75, 3.05) is 30.3 Å². The van der Waals surface area contributed by atoms with E-state index >= 15 is 0 Å². The number of likely N-dealkylation sites (N-methyl/N-ethyl adjacent to an activating group) is 1. The first kappa shape index (κ1) is 27.8. The Labute approximate surface area is 250 Å². The Morgan fingerprint density at radius 2 is 1.88 bits per heavy atom. The molecule has 212 valence electrons. The maximum Gasteiger partial charge on any atom is 0.141 e. The summed E-state index contributed by atoms with van der Waals surface area (Å²) in [7, 11) is 0. The standard InChI is InChI=1S/C30H24Cl2F2N8/c1-2-41-14-22(15-41)42-16-27(39-40-42)29(17-3-5-20(33)6-4-17)38-26-10-19(31)9-23-28(18(12-35)13-36-30(23)26)37-21-7-8-25(34)24(32)11-21/h3-11,13,16,22,29,38H,2,14-15H2,1H3,(H,36,37). The molecule has 3 heterocycles. The van der Waals surface area contributed by atoms with Crippen molar-refractivity contribution in [3.8, 4) is 6.07 Å². The number of nitrogens with zero attached hydrogens (tertiary/aromatic N) is 6. The number of nitrogens with one attached hydrogen (secondary N) is 2. The lowest BCUT2D eigenvalue weighted by atomic mass is 10.0. The Balaban J connectivity index is 1.42. The van der Waals surface area contributed by atoms with Crippen LogP contribution in [0.3, 0.4) is 0 Å². The minimum atomic E-state index is -0.555. The summed E-state index contributed by atoms with van der Waals surface area (Å²) >= 11 is 12.6. The summed E-state index contributed by atoms with van der Waals surface area (Å²) in [5.74, 6) is -0.911. The van der Waals surface area contributed by atoms with Gasteiger partial charge in [0.1, 0.15) is 23.4 Å². The van der Waals surface area contributed by atoms with E-state index in [2.05, 4.69) is 43.8 Å². The molecule has 1 saturated heterocycles. The number of nitriles is 1. The van der Waals surface area contributed by atoms with Gasteiger partial charge in [-0.15, -0.1) is 5.10 Å². The SMILES string of the molecule is CCN1CC(n2cc(C(Nc3cc(Cl)cc4c(Nc5ccc(F)c(Cl)c5)c(C#N)cnc34)c3ccc(F)cc3)nn2)C1. The van der Waals surface area contributed by atoms with E-state index in [0.29, 0.717) is 38.7 Å². The molecule has 8 nitrogen and oxygen atoms in total. The summed E-state index contributed by atoms with van der Waals surface area (Å²) in [5.41, 5.74) is 3.66. The zero-order valence-corrected chi connectivity index (χ0v) is 23.8. The minimum Gasteiger partial charge on any atom is -0.371 e. The Bertz CT molecular complexity index is 1810. The van der Waals surface area contributed by atoms with E-state index in [1.165, 1.54) is 36.5 Å². The predicted molar refractivity (Wildman–Crippen MR) is 159 cm³/mol. The van der Waals surface area contributed by atoms with Gasteiger partial charge in [-0.1, -0.05) is 47.5 Å². The zero-order valence-electron chi connectivity index (χ0n) is 22.3. The van der Waals surface area contributed by atoms with Crippen molar-refractivity contribution in [1.29, 1.82) is 5.26 Å². The second-order valence-corrected chi connectivity index (χ2v) is 10.9. The first-order valence-electron chi connectivity index (χ1n) is 13.2. The van der Waals surface area contributed by atoms with Gasteiger partial charge in [-0.3, -0.25) is 9.88 Å². The number of fused-ring (bicyclic) bond motifs is 1. The van der Waals surface area contributed by atoms with E-state index < -0.39 is 11.9 Å². The molecule has 2 aromatic heterocycles. The van der Waals surface area contributed by atoms with Crippen LogP contribution in [0.1, 0.15) is 35.8 Å². The highest BCUT2D eigenvalue weighted by atomic mass is 35.5.